The van der Waals surface area contributed by atoms with Gasteiger partial charge >= 0.3 is 0 Å². The van der Waals surface area contributed by atoms with Crippen LogP contribution in [0.5, 0.6) is 0 Å². The number of aromatic nitrogens is 4. The molecule has 2 aliphatic rings. The Kier molecular flexibility index (Phi) is 4.69. The van der Waals surface area contributed by atoms with Crippen molar-refractivity contribution in [2.24, 2.45) is 0 Å². The summed E-state index contributed by atoms with van der Waals surface area (Å²) < 4.78 is 1.96. The largest absolute Gasteiger partial charge is 0.397 e. The van der Waals surface area contributed by atoms with Gasteiger partial charge < -0.3 is 20.4 Å². The fourth-order valence-corrected chi connectivity index (χ4v) is 5.27. The zero-order valence-electron chi connectivity index (χ0n) is 18.9. The van der Waals surface area contributed by atoms with Gasteiger partial charge in [-0.15, -0.1) is 0 Å². The van der Waals surface area contributed by atoms with E-state index < -0.39 is 0 Å². The maximum atomic E-state index is 5.93. The zero-order valence-corrected chi connectivity index (χ0v) is 18.9. The molecular formula is C25H28N8. The van der Waals surface area contributed by atoms with Crippen LogP contribution in [0.25, 0.3) is 16.9 Å². The molecule has 6 rings (SSSR count). The van der Waals surface area contributed by atoms with Crippen LogP contribution < -0.4 is 16.0 Å². The number of hydrogen-bond donors (Lipinski definition) is 2. The summed E-state index contributed by atoms with van der Waals surface area (Å²) in [5, 5.41) is 3.46. The highest BCUT2D eigenvalue weighted by Crippen LogP contribution is 2.36. The van der Waals surface area contributed by atoms with Gasteiger partial charge in [0.15, 0.2) is 11.5 Å². The molecule has 4 aromatic rings. The third-order valence-electron chi connectivity index (χ3n) is 6.84. The van der Waals surface area contributed by atoms with Crippen LogP contribution in [0.15, 0.2) is 61.3 Å². The average Bonchev–Trinajstić information content (AvgIpc) is 3.55. The molecule has 8 heteroatoms. The number of imidazole rings is 1. The highest BCUT2D eigenvalue weighted by atomic mass is 15.4. The van der Waals surface area contributed by atoms with E-state index in [4.69, 9.17) is 10.7 Å². The van der Waals surface area contributed by atoms with Crippen LogP contribution in [0.2, 0.25) is 0 Å². The van der Waals surface area contributed by atoms with Crippen molar-refractivity contribution >= 4 is 28.5 Å². The summed E-state index contributed by atoms with van der Waals surface area (Å²) in [6.07, 6.45) is 10.3. The molecule has 1 aromatic carbocycles. The SMILES string of the molecule is CC(C)N1C[C@H]2C[C@@H]1CN2c1ccc(Nc2nc(-c3cncc(N)c3)cn3ccnc23)cc1. The second kappa shape index (κ2) is 7.74. The molecule has 0 spiro atoms. The Morgan fingerprint density at radius 2 is 1.94 bits per heavy atom. The molecular weight excluding hydrogens is 412 g/mol. The number of piperazine rings is 1. The second-order valence-electron chi connectivity index (χ2n) is 9.30. The average molecular weight is 441 g/mol. The lowest BCUT2D eigenvalue weighted by atomic mass is 10.2. The predicted molar refractivity (Wildman–Crippen MR) is 132 cm³/mol. The minimum absolute atomic E-state index is 0.609. The molecule has 3 N–H and O–H groups in total. The van der Waals surface area contributed by atoms with Gasteiger partial charge in [-0.25, -0.2) is 9.97 Å². The molecule has 0 amide bonds. The van der Waals surface area contributed by atoms with Crippen molar-refractivity contribution in [3.05, 3.63) is 61.3 Å². The van der Waals surface area contributed by atoms with Crippen molar-refractivity contribution in [1.82, 2.24) is 24.3 Å². The third kappa shape index (κ3) is 3.56. The number of nitrogens with zero attached hydrogens (tertiary/aromatic N) is 6. The van der Waals surface area contributed by atoms with Crippen molar-refractivity contribution in [3.63, 3.8) is 0 Å². The Morgan fingerprint density at radius 1 is 1.09 bits per heavy atom. The minimum atomic E-state index is 0.609. The van der Waals surface area contributed by atoms with Gasteiger partial charge in [-0.05, 0) is 50.6 Å². The Morgan fingerprint density at radius 3 is 2.67 bits per heavy atom. The molecule has 0 aliphatic carbocycles. The van der Waals surface area contributed by atoms with Crippen LogP contribution in [-0.4, -0.2) is 55.5 Å². The van der Waals surface area contributed by atoms with Gasteiger partial charge in [0.25, 0.3) is 0 Å². The summed E-state index contributed by atoms with van der Waals surface area (Å²) >= 11 is 0. The number of nitrogens with one attached hydrogen (secondary N) is 1. The molecule has 2 fully saturated rings. The molecule has 8 nitrogen and oxygen atoms in total. The van der Waals surface area contributed by atoms with Gasteiger partial charge in [0.1, 0.15) is 0 Å². The van der Waals surface area contributed by atoms with E-state index in [-0.39, 0.29) is 0 Å². The topological polar surface area (TPSA) is 87.6 Å². The van der Waals surface area contributed by atoms with E-state index >= 15 is 0 Å². The van der Waals surface area contributed by atoms with Gasteiger partial charge in [0.05, 0.1) is 11.4 Å². The lowest BCUT2D eigenvalue weighted by molar-refractivity contribution is 0.191. The van der Waals surface area contributed by atoms with Crippen LogP contribution in [0.1, 0.15) is 20.3 Å². The highest BCUT2D eigenvalue weighted by molar-refractivity contribution is 5.74. The van der Waals surface area contributed by atoms with Gasteiger partial charge in [0.2, 0.25) is 0 Å². The van der Waals surface area contributed by atoms with E-state index in [1.807, 2.05) is 22.9 Å². The summed E-state index contributed by atoms with van der Waals surface area (Å²) in [5.41, 5.74) is 11.2. The van der Waals surface area contributed by atoms with Crippen molar-refractivity contribution in [3.8, 4) is 11.3 Å². The number of nitrogens with two attached hydrogens (primary N) is 1. The molecule has 3 aromatic heterocycles. The van der Waals surface area contributed by atoms with Gasteiger partial charge in [0, 0.05) is 79.1 Å². The summed E-state index contributed by atoms with van der Waals surface area (Å²) in [4.78, 5) is 18.7. The van der Waals surface area contributed by atoms with Crippen molar-refractivity contribution < 1.29 is 0 Å². The Labute approximate surface area is 193 Å². The fourth-order valence-electron chi connectivity index (χ4n) is 5.27. The first-order chi connectivity index (χ1) is 16.0. The molecule has 33 heavy (non-hydrogen) atoms. The molecule has 5 heterocycles. The minimum Gasteiger partial charge on any atom is -0.397 e. The van der Waals surface area contributed by atoms with Gasteiger partial charge in [-0.1, -0.05) is 0 Å². The Bertz CT molecular complexity index is 1300. The number of nitrogen functional groups attached to an aromatic ring is 1. The van der Waals surface area contributed by atoms with Crippen molar-refractivity contribution in [2.45, 2.75) is 38.4 Å². The van der Waals surface area contributed by atoms with Crippen LogP contribution in [0.4, 0.5) is 22.9 Å². The van der Waals surface area contributed by atoms with E-state index in [9.17, 15) is 0 Å². The van der Waals surface area contributed by atoms with Crippen molar-refractivity contribution in [2.75, 3.05) is 29.0 Å². The lowest BCUT2D eigenvalue weighted by Crippen LogP contribution is -2.48. The number of rotatable bonds is 5. The maximum absolute atomic E-state index is 5.93. The fraction of sp³-hybridized carbons (Fsp3) is 0.320. The number of anilines is 4. The van der Waals surface area contributed by atoms with E-state index in [1.165, 1.54) is 12.1 Å². The van der Waals surface area contributed by atoms with Crippen LogP contribution in [0.3, 0.4) is 0 Å². The smallest absolute Gasteiger partial charge is 0.180 e. The standard InChI is InChI=1S/C25H28N8/c1-16(2)32-13-22-10-21(32)14-33(22)20-5-3-19(4-6-20)29-24-25-28-7-8-31(25)15-23(30-24)17-9-18(26)12-27-11-17/h3-9,11-12,15-16,21-22H,10,13-14,26H2,1-2H3,(H,29,30)/t21-,22-/m1/s1. The first kappa shape index (κ1) is 20.0. The number of hydrogen-bond acceptors (Lipinski definition) is 7. The number of benzene rings is 1. The number of fused-ring (bicyclic) bond motifs is 3. The van der Waals surface area contributed by atoms with Gasteiger partial charge in [-0.2, -0.15) is 0 Å². The Balaban J connectivity index is 1.25. The van der Waals surface area contributed by atoms with Crippen LogP contribution in [-0.2, 0) is 0 Å². The number of pyridine rings is 1. The van der Waals surface area contributed by atoms with Gasteiger partial charge in [-0.3, -0.25) is 9.88 Å². The second-order valence-corrected chi connectivity index (χ2v) is 9.30. The first-order valence-electron chi connectivity index (χ1n) is 11.5. The van der Waals surface area contributed by atoms with Crippen molar-refractivity contribution in [1.29, 1.82) is 0 Å². The molecule has 2 aliphatic heterocycles. The predicted octanol–water partition coefficient (Wildman–Crippen LogP) is 3.79. The zero-order chi connectivity index (χ0) is 22.5. The van der Waals surface area contributed by atoms with E-state index in [1.54, 1.807) is 18.6 Å². The monoisotopic (exact) mass is 440 g/mol. The van der Waals surface area contributed by atoms with E-state index in [2.05, 4.69) is 63.2 Å². The molecule has 2 bridgehead atoms. The molecule has 0 unspecified atom stereocenters. The lowest BCUT2D eigenvalue weighted by Gasteiger charge is -2.37. The highest BCUT2D eigenvalue weighted by Gasteiger charge is 2.43. The number of likely N-dealkylation sites (tertiary alicyclic amines) is 1. The van der Waals surface area contributed by atoms with Crippen LogP contribution in [0, 0.1) is 0 Å². The summed E-state index contributed by atoms with van der Waals surface area (Å²) in [5.74, 6) is 0.695. The first-order valence-corrected chi connectivity index (χ1v) is 11.5. The molecule has 0 radical (unpaired) electrons. The third-order valence-corrected chi connectivity index (χ3v) is 6.84. The summed E-state index contributed by atoms with van der Waals surface area (Å²) in [6, 6.07) is 12.4. The molecule has 0 saturated carbocycles. The molecule has 168 valence electrons. The molecule has 2 atom stereocenters. The van der Waals surface area contributed by atoms with E-state index in [0.717, 1.165) is 35.7 Å². The van der Waals surface area contributed by atoms with E-state index in [0.29, 0.717) is 29.6 Å². The molecule has 2 saturated heterocycles. The van der Waals surface area contributed by atoms with Crippen LogP contribution >= 0.6 is 0 Å². The maximum Gasteiger partial charge on any atom is 0.180 e. The quantitative estimate of drug-likeness (QED) is 0.488. The Hall–Kier alpha value is -3.65. The summed E-state index contributed by atoms with van der Waals surface area (Å²) in [7, 11) is 0. The summed E-state index contributed by atoms with van der Waals surface area (Å²) in [6.45, 7) is 6.88. The normalized spacial score (nSPS) is 20.3.